The summed E-state index contributed by atoms with van der Waals surface area (Å²) in [5.41, 5.74) is -0.393. The van der Waals surface area contributed by atoms with Gasteiger partial charge < -0.3 is 20.1 Å². The van der Waals surface area contributed by atoms with Gasteiger partial charge in [-0.15, -0.1) is 0 Å². The van der Waals surface area contributed by atoms with E-state index in [1.54, 1.807) is 6.07 Å². The van der Waals surface area contributed by atoms with Gasteiger partial charge in [-0.2, -0.15) is 0 Å². The summed E-state index contributed by atoms with van der Waals surface area (Å²) in [6.07, 6.45) is 0. The molecule has 2 heterocycles. The predicted octanol–water partition coefficient (Wildman–Crippen LogP) is 2.65. The molecule has 11 heteroatoms. The number of benzene rings is 2. The number of nitrogens with zero attached hydrogens (tertiary/aromatic N) is 2. The minimum absolute atomic E-state index is 0.00925. The number of rotatable bonds is 7. The zero-order valence-corrected chi connectivity index (χ0v) is 19.6. The molecule has 0 radical (unpaired) electrons. The number of carbonyl (C=O) groups is 3. The molecule has 2 unspecified atom stereocenters. The highest BCUT2D eigenvalue weighted by atomic mass is 16.6. The van der Waals surface area contributed by atoms with Gasteiger partial charge in [0.2, 0.25) is 5.91 Å². The van der Waals surface area contributed by atoms with Crippen molar-refractivity contribution in [2.75, 3.05) is 19.8 Å². The first-order chi connectivity index (χ1) is 16.6. The van der Waals surface area contributed by atoms with Crippen molar-refractivity contribution in [3.8, 4) is 11.5 Å². The van der Waals surface area contributed by atoms with Gasteiger partial charge >= 0.3 is 6.03 Å². The number of imide groups is 1. The SMILES string of the molecule is CC(C)C(NC(=O)CN1C(=O)NC(C)(c2ccc([N+](=O)[O-])cc2)C1=O)c1ccc2c(c1)OCCO2. The lowest BCUT2D eigenvalue weighted by atomic mass is 9.92. The maximum absolute atomic E-state index is 13.1. The van der Waals surface area contributed by atoms with E-state index in [0.29, 0.717) is 30.3 Å². The number of hydrogen-bond acceptors (Lipinski definition) is 7. The number of amides is 4. The summed E-state index contributed by atoms with van der Waals surface area (Å²) >= 11 is 0. The van der Waals surface area contributed by atoms with Crippen LogP contribution in [0, 0.1) is 16.0 Å². The van der Waals surface area contributed by atoms with Gasteiger partial charge in [-0.1, -0.05) is 19.9 Å². The van der Waals surface area contributed by atoms with Crippen molar-refractivity contribution in [1.82, 2.24) is 15.5 Å². The Morgan fingerprint density at radius 3 is 2.43 bits per heavy atom. The first kappa shape index (κ1) is 24.0. The highest BCUT2D eigenvalue weighted by Gasteiger charge is 2.49. The highest BCUT2D eigenvalue weighted by Crippen LogP contribution is 2.35. The first-order valence-electron chi connectivity index (χ1n) is 11.2. The third kappa shape index (κ3) is 4.61. The van der Waals surface area contributed by atoms with Gasteiger partial charge in [-0.25, -0.2) is 4.79 Å². The Labute approximate surface area is 201 Å². The van der Waals surface area contributed by atoms with Crippen LogP contribution >= 0.6 is 0 Å². The second kappa shape index (κ2) is 9.24. The van der Waals surface area contributed by atoms with E-state index in [2.05, 4.69) is 10.6 Å². The molecule has 2 aromatic rings. The minimum Gasteiger partial charge on any atom is -0.486 e. The molecule has 0 saturated carbocycles. The molecule has 2 aromatic carbocycles. The topological polar surface area (TPSA) is 140 Å². The number of carbonyl (C=O) groups excluding carboxylic acids is 3. The Bertz CT molecular complexity index is 1180. The lowest BCUT2D eigenvalue weighted by Crippen LogP contribution is -2.44. The molecule has 2 aliphatic rings. The van der Waals surface area contributed by atoms with Crippen LogP contribution in [-0.2, 0) is 15.1 Å². The molecule has 0 bridgehead atoms. The molecular weight excluding hydrogens is 456 g/mol. The van der Waals surface area contributed by atoms with Crippen molar-refractivity contribution >= 4 is 23.5 Å². The van der Waals surface area contributed by atoms with E-state index in [0.717, 1.165) is 10.5 Å². The molecule has 4 amide bonds. The van der Waals surface area contributed by atoms with Crippen molar-refractivity contribution < 1.29 is 28.8 Å². The molecule has 2 N–H and O–H groups in total. The van der Waals surface area contributed by atoms with Crippen molar-refractivity contribution in [2.45, 2.75) is 32.4 Å². The summed E-state index contributed by atoms with van der Waals surface area (Å²) in [5, 5.41) is 16.4. The van der Waals surface area contributed by atoms with Crippen molar-refractivity contribution in [3.05, 3.63) is 63.7 Å². The van der Waals surface area contributed by atoms with Crippen LogP contribution in [0.25, 0.3) is 0 Å². The zero-order valence-electron chi connectivity index (χ0n) is 19.6. The van der Waals surface area contributed by atoms with Crippen molar-refractivity contribution in [1.29, 1.82) is 0 Å². The average Bonchev–Trinajstić information content (AvgIpc) is 3.05. The molecule has 184 valence electrons. The van der Waals surface area contributed by atoms with Crippen LogP contribution in [0.2, 0.25) is 0 Å². The molecule has 1 saturated heterocycles. The summed E-state index contributed by atoms with van der Waals surface area (Å²) in [5.74, 6) is 0.122. The molecule has 11 nitrogen and oxygen atoms in total. The minimum atomic E-state index is -1.44. The van der Waals surface area contributed by atoms with Gasteiger partial charge in [0, 0.05) is 12.1 Å². The first-order valence-corrected chi connectivity index (χ1v) is 11.2. The molecule has 0 aromatic heterocycles. The maximum atomic E-state index is 13.1. The Morgan fingerprint density at radius 1 is 1.14 bits per heavy atom. The van der Waals surface area contributed by atoms with E-state index in [1.807, 2.05) is 26.0 Å². The Hall–Kier alpha value is -4.15. The van der Waals surface area contributed by atoms with Gasteiger partial charge in [0.25, 0.3) is 11.6 Å². The third-order valence-corrected chi connectivity index (χ3v) is 6.14. The van der Waals surface area contributed by atoms with Crippen molar-refractivity contribution in [3.63, 3.8) is 0 Å². The van der Waals surface area contributed by atoms with Crippen LogP contribution in [0.4, 0.5) is 10.5 Å². The van der Waals surface area contributed by atoms with Gasteiger partial charge in [0.15, 0.2) is 11.5 Å². The van der Waals surface area contributed by atoms with Gasteiger partial charge in [0.1, 0.15) is 25.3 Å². The van der Waals surface area contributed by atoms with Gasteiger partial charge in [-0.3, -0.25) is 24.6 Å². The fraction of sp³-hybridized carbons (Fsp3) is 0.375. The number of nitro benzene ring substituents is 1. The summed E-state index contributed by atoms with van der Waals surface area (Å²) in [7, 11) is 0. The largest absolute Gasteiger partial charge is 0.486 e. The molecule has 0 aliphatic carbocycles. The van der Waals surface area contributed by atoms with E-state index in [-0.39, 0.29) is 17.6 Å². The maximum Gasteiger partial charge on any atom is 0.325 e. The van der Waals surface area contributed by atoms with E-state index in [9.17, 15) is 24.5 Å². The highest BCUT2D eigenvalue weighted by molar-refractivity contribution is 6.09. The molecular formula is C24H26N4O7. The number of hydrogen-bond donors (Lipinski definition) is 2. The Morgan fingerprint density at radius 2 is 1.80 bits per heavy atom. The van der Waals surface area contributed by atoms with E-state index in [4.69, 9.17) is 9.47 Å². The van der Waals surface area contributed by atoms with Crippen LogP contribution in [0.3, 0.4) is 0 Å². The van der Waals surface area contributed by atoms with Crippen LogP contribution in [-0.4, -0.2) is 47.4 Å². The lowest BCUT2D eigenvalue weighted by Gasteiger charge is -2.26. The van der Waals surface area contributed by atoms with Crippen LogP contribution < -0.4 is 20.1 Å². The smallest absolute Gasteiger partial charge is 0.325 e. The van der Waals surface area contributed by atoms with E-state index < -0.39 is 34.9 Å². The molecule has 0 spiro atoms. The second-order valence-electron chi connectivity index (χ2n) is 8.94. The van der Waals surface area contributed by atoms with Gasteiger partial charge in [-0.05, 0) is 48.2 Å². The Balaban J connectivity index is 1.48. The van der Waals surface area contributed by atoms with E-state index in [1.165, 1.54) is 31.2 Å². The number of nitro groups is 1. The summed E-state index contributed by atoms with van der Waals surface area (Å²) in [4.78, 5) is 49.9. The average molecular weight is 482 g/mol. The zero-order chi connectivity index (χ0) is 25.3. The fourth-order valence-electron chi connectivity index (χ4n) is 4.20. The normalized spacial score (nSPS) is 19.9. The van der Waals surface area contributed by atoms with Crippen LogP contribution in [0.1, 0.15) is 37.9 Å². The lowest BCUT2D eigenvalue weighted by molar-refractivity contribution is -0.384. The number of ether oxygens (including phenoxy) is 2. The quantitative estimate of drug-likeness (QED) is 0.351. The number of fused-ring (bicyclic) bond motifs is 1. The molecule has 1 fully saturated rings. The molecule has 2 aliphatic heterocycles. The van der Waals surface area contributed by atoms with Gasteiger partial charge in [0.05, 0.1) is 11.0 Å². The van der Waals surface area contributed by atoms with Crippen LogP contribution in [0.15, 0.2) is 42.5 Å². The standard InChI is InChI=1S/C24H26N4O7/c1-14(2)21(15-4-9-18-19(12-15)35-11-10-34-18)25-20(29)13-27-22(30)24(3,26-23(27)31)16-5-7-17(8-6-16)28(32)33/h4-9,12,14,21H,10-11,13H2,1-3H3,(H,25,29)(H,26,31). The predicted molar refractivity (Wildman–Crippen MR) is 124 cm³/mol. The second-order valence-corrected chi connectivity index (χ2v) is 8.94. The molecule has 4 rings (SSSR count). The third-order valence-electron chi connectivity index (χ3n) is 6.14. The number of urea groups is 1. The van der Waals surface area contributed by atoms with Crippen molar-refractivity contribution in [2.24, 2.45) is 5.92 Å². The number of non-ortho nitro benzene ring substituents is 1. The summed E-state index contributed by atoms with van der Waals surface area (Å²) < 4.78 is 11.2. The van der Waals surface area contributed by atoms with Crippen LogP contribution in [0.5, 0.6) is 11.5 Å². The summed E-state index contributed by atoms with van der Waals surface area (Å²) in [6.45, 7) is 5.83. The monoisotopic (exact) mass is 482 g/mol. The van der Waals surface area contributed by atoms with E-state index >= 15 is 0 Å². The molecule has 35 heavy (non-hydrogen) atoms. The Kier molecular flexibility index (Phi) is 6.33. The summed E-state index contributed by atoms with van der Waals surface area (Å²) in [6, 6.07) is 9.69. The fourth-order valence-corrected chi connectivity index (χ4v) is 4.20. The molecule has 2 atom stereocenters. The number of nitrogens with one attached hydrogen (secondary N) is 2.